The minimum absolute atomic E-state index is 0.111. The number of benzene rings is 2. The molecule has 0 aromatic heterocycles. The number of rotatable bonds is 8. The van der Waals surface area contributed by atoms with E-state index in [2.05, 4.69) is 0 Å². The van der Waals surface area contributed by atoms with Crippen molar-refractivity contribution in [3.05, 3.63) is 70.8 Å². The van der Waals surface area contributed by atoms with Gasteiger partial charge in [0.2, 0.25) is 0 Å². The van der Waals surface area contributed by atoms with Crippen LogP contribution in [0.4, 0.5) is 0 Å². The molecule has 0 radical (unpaired) electrons. The predicted octanol–water partition coefficient (Wildman–Crippen LogP) is 3.77. The summed E-state index contributed by atoms with van der Waals surface area (Å²) < 4.78 is 5.76. The van der Waals surface area contributed by atoms with Crippen molar-refractivity contribution >= 4 is 17.4 Å². The molecule has 1 aliphatic rings. The van der Waals surface area contributed by atoms with E-state index in [1.165, 1.54) is 0 Å². The van der Waals surface area contributed by atoms with Gasteiger partial charge in [0.15, 0.2) is 0 Å². The average Bonchev–Trinajstić information content (AvgIpc) is 3.01. The third-order valence-electron chi connectivity index (χ3n) is 5.30. The van der Waals surface area contributed by atoms with Crippen molar-refractivity contribution in [3.63, 3.8) is 0 Å². The molecule has 0 spiro atoms. The highest BCUT2D eigenvalue weighted by Crippen LogP contribution is 2.40. The number of carbonyl (C=O) groups excluding carboxylic acids is 2. The Balaban J connectivity index is 2.11. The summed E-state index contributed by atoms with van der Waals surface area (Å²) in [7, 11) is 3.83. The van der Waals surface area contributed by atoms with Crippen molar-refractivity contribution in [2.24, 2.45) is 0 Å². The Labute approximate surface area is 183 Å². The molecule has 164 valence electrons. The molecule has 1 saturated heterocycles. The van der Waals surface area contributed by atoms with Crippen molar-refractivity contribution in [3.8, 4) is 5.75 Å². The number of carbonyl (C=O) groups is 2. The fourth-order valence-corrected chi connectivity index (χ4v) is 3.63. The molecule has 0 aliphatic carbocycles. The van der Waals surface area contributed by atoms with Crippen molar-refractivity contribution in [2.75, 3.05) is 33.8 Å². The maximum atomic E-state index is 13.0. The lowest BCUT2D eigenvalue weighted by molar-refractivity contribution is -0.140. The number of aliphatic hydroxyl groups is 1. The Morgan fingerprint density at radius 1 is 1.13 bits per heavy atom. The van der Waals surface area contributed by atoms with Crippen molar-refractivity contribution in [2.45, 2.75) is 26.3 Å². The van der Waals surface area contributed by atoms with Gasteiger partial charge >= 0.3 is 0 Å². The zero-order chi connectivity index (χ0) is 22.5. The first-order valence-electron chi connectivity index (χ1n) is 10.6. The van der Waals surface area contributed by atoms with Gasteiger partial charge in [-0.25, -0.2) is 0 Å². The van der Waals surface area contributed by atoms with Crippen LogP contribution in [0, 0.1) is 6.92 Å². The topological polar surface area (TPSA) is 70.1 Å². The summed E-state index contributed by atoms with van der Waals surface area (Å²) >= 11 is 0. The lowest BCUT2D eigenvalue weighted by atomic mass is 9.95. The van der Waals surface area contributed by atoms with Crippen molar-refractivity contribution in [1.29, 1.82) is 0 Å². The standard InChI is InChI=1S/C25H30N2O4/c1-5-15-31-20-8-6-7-19(16-20)22-21(23(28)18-11-9-17(2)10-12-18)24(29)25(30)27(22)14-13-26(3)4/h6-12,16,22,28H,5,13-15H2,1-4H3/t22-/m0/s1. The van der Waals surface area contributed by atoms with E-state index in [1.54, 1.807) is 17.0 Å². The second-order valence-electron chi connectivity index (χ2n) is 8.08. The molecule has 0 saturated carbocycles. The van der Waals surface area contributed by atoms with Crippen LogP contribution in [0.5, 0.6) is 5.75 Å². The Hall–Kier alpha value is -3.12. The van der Waals surface area contributed by atoms with Gasteiger partial charge in [-0.15, -0.1) is 0 Å². The molecule has 2 aromatic rings. The van der Waals surface area contributed by atoms with Crippen LogP contribution >= 0.6 is 0 Å². The van der Waals surface area contributed by atoms with Crippen molar-refractivity contribution < 1.29 is 19.4 Å². The Morgan fingerprint density at radius 3 is 2.48 bits per heavy atom. The van der Waals surface area contributed by atoms with Crippen LogP contribution in [0.25, 0.3) is 5.76 Å². The first-order chi connectivity index (χ1) is 14.8. The number of aryl methyl sites for hydroxylation is 1. The summed E-state index contributed by atoms with van der Waals surface area (Å²) in [5.41, 5.74) is 2.40. The quantitative estimate of drug-likeness (QED) is 0.398. The fraction of sp³-hybridized carbons (Fsp3) is 0.360. The minimum atomic E-state index is -0.675. The predicted molar refractivity (Wildman–Crippen MR) is 121 cm³/mol. The maximum absolute atomic E-state index is 13.0. The van der Waals surface area contributed by atoms with Gasteiger partial charge in [-0.05, 0) is 45.1 Å². The summed E-state index contributed by atoms with van der Waals surface area (Å²) in [5.74, 6) is -0.745. The minimum Gasteiger partial charge on any atom is -0.507 e. The molecule has 1 fully saturated rings. The molecule has 6 nitrogen and oxygen atoms in total. The molecule has 1 heterocycles. The van der Waals surface area contributed by atoms with Gasteiger partial charge in [-0.3, -0.25) is 9.59 Å². The number of amides is 1. The third kappa shape index (κ3) is 4.97. The first-order valence-corrected chi connectivity index (χ1v) is 10.6. The number of nitrogens with zero attached hydrogens (tertiary/aromatic N) is 2. The summed E-state index contributed by atoms with van der Waals surface area (Å²) in [4.78, 5) is 29.5. The second-order valence-corrected chi connectivity index (χ2v) is 8.08. The lowest BCUT2D eigenvalue weighted by Crippen LogP contribution is -2.35. The molecule has 1 N–H and O–H groups in total. The third-order valence-corrected chi connectivity index (χ3v) is 5.30. The van der Waals surface area contributed by atoms with E-state index < -0.39 is 17.7 Å². The number of likely N-dealkylation sites (tertiary alicyclic amines) is 1. The first kappa shape index (κ1) is 22.6. The molecule has 3 rings (SSSR count). The smallest absolute Gasteiger partial charge is 0.295 e. The molecule has 6 heteroatoms. The largest absolute Gasteiger partial charge is 0.507 e. The van der Waals surface area contributed by atoms with Gasteiger partial charge in [0.1, 0.15) is 11.5 Å². The molecule has 0 bridgehead atoms. The van der Waals surface area contributed by atoms with E-state index in [0.29, 0.717) is 31.0 Å². The van der Waals surface area contributed by atoms with Crippen LogP contribution in [0.15, 0.2) is 54.1 Å². The SMILES string of the molecule is CCCOc1cccc([C@H]2C(=C(O)c3ccc(C)cc3)C(=O)C(=O)N2CCN(C)C)c1. The number of ether oxygens (including phenoxy) is 1. The zero-order valence-corrected chi connectivity index (χ0v) is 18.6. The van der Waals surface area contributed by atoms with E-state index in [4.69, 9.17) is 4.74 Å². The number of ketones is 1. The number of hydrogen-bond acceptors (Lipinski definition) is 5. The van der Waals surface area contributed by atoms with Crippen LogP contribution in [0.1, 0.15) is 36.1 Å². The van der Waals surface area contributed by atoms with Gasteiger partial charge in [0, 0.05) is 18.7 Å². The van der Waals surface area contributed by atoms with Crippen LogP contribution in [0.2, 0.25) is 0 Å². The van der Waals surface area contributed by atoms with Crippen LogP contribution in [0.3, 0.4) is 0 Å². The van der Waals surface area contributed by atoms with Crippen molar-refractivity contribution in [1.82, 2.24) is 9.80 Å². The van der Waals surface area contributed by atoms with E-state index >= 15 is 0 Å². The van der Waals surface area contributed by atoms with Gasteiger partial charge < -0.3 is 19.6 Å². The number of aliphatic hydroxyl groups excluding tert-OH is 1. The molecule has 31 heavy (non-hydrogen) atoms. The molecule has 1 atom stereocenters. The summed E-state index contributed by atoms with van der Waals surface area (Å²) in [6.07, 6.45) is 0.874. The lowest BCUT2D eigenvalue weighted by Gasteiger charge is -2.27. The number of Topliss-reactive ketones (excluding diaryl/α,β-unsaturated/α-hetero) is 1. The number of hydrogen-bond donors (Lipinski definition) is 1. The normalized spacial score (nSPS) is 18.1. The Kier molecular flexibility index (Phi) is 7.13. The highest BCUT2D eigenvalue weighted by atomic mass is 16.5. The van der Waals surface area contributed by atoms with E-state index in [9.17, 15) is 14.7 Å². The zero-order valence-electron chi connectivity index (χ0n) is 18.6. The molecular formula is C25H30N2O4. The van der Waals surface area contributed by atoms with Gasteiger partial charge in [0.05, 0.1) is 18.2 Å². The fourth-order valence-electron chi connectivity index (χ4n) is 3.63. The van der Waals surface area contributed by atoms with Crippen LogP contribution < -0.4 is 4.74 Å². The van der Waals surface area contributed by atoms with Gasteiger partial charge in [0.25, 0.3) is 11.7 Å². The Bertz CT molecular complexity index is 979. The summed E-state index contributed by atoms with van der Waals surface area (Å²) in [5, 5.41) is 11.1. The average molecular weight is 423 g/mol. The molecular weight excluding hydrogens is 392 g/mol. The van der Waals surface area contributed by atoms with Gasteiger partial charge in [-0.1, -0.05) is 48.9 Å². The summed E-state index contributed by atoms with van der Waals surface area (Å²) in [6.45, 7) is 5.52. The van der Waals surface area contributed by atoms with E-state index in [0.717, 1.165) is 17.5 Å². The number of likely N-dealkylation sites (N-methyl/N-ethyl adjacent to an activating group) is 1. The Morgan fingerprint density at radius 2 is 1.84 bits per heavy atom. The maximum Gasteiger partial charge on any atom is 0.295 e. The summed E-state index contributed by atoms with van der Waals surface area (Å²) in [6, 6.07) is 14.0. The molecule has 2 aromatic carbocycles. The molecule has 0 unspecified atom stereocenters. The molecule has 1 amide bonds. The van der Waals surface area contributed by atoms with Gasteiger partial charge in [-0.2, -0.15) is 0 Å². The van der Waals surface area contributed by atoms with Crippen LogP contribution in [-0.2, 0) is 9.59 Å². The molecule has 1 aliphatic heterocycles. The second kappa shape index (κ2) is 9.79. The van der Waals surface area contributed by atoms with E-state index in [-0.39, 0.29) is 11.3 Å². The highest BCUT2D eigenvalue weighted by Gasteiger charge is 2.46. The highest BCUT2D eigenvalue weighted by molar-refractivity contribution is 6.46. The van der Waals surface area contributed by atoms with Crippen LogP contribution in [-0.4, -0.2) is 60.4 Å². The van der Waals surface area contributed by atoms with E-state index in [1.807, 2.05) is 69.2 Å². The monoisotopic (exact) mass is 422 g/mol.